The van der Waals surface area contributed by atoms with E-state index < -0.39 is 0 Å². The van der Waals surface area contributed by atoms with E-state index in [-0.39, 0.29) is 0 Å². The second kappa shape index (κ2) is 3.87. The SMILES string of the molecule is ClCc1cnn(-c2cccnn2)c1C1CC1. The highest BCUT2D eigenvalue weighted by Gasteiger charge is 2.30. The minimum Gasteiger partial charge on any atom is -0.217 e. The molecule has 0 unspecified atom stereocenters. The van der Waals surface area contributed by atoms with Crippen LogP contribution in [0.25, 0.3) is 5.82 Å². The van der Waals surface area contributed by atoms with Crippen LogP contribution in [0.2, 0.25) is 0 Å². The number of alkyl halides is 1. The van der Waals surface area contributed by atoms with E-state index in [1.54, 1.807) is 6.20 Å². The molecule has 0 bridgehead atoms. The van der Waals surface area contributed by atoms with Crippen LogP contribution in [0.1, 0.15) is 30.0 Å². The van der Waals surface area contributed by atoms with E-state index in [4.69, 9.17) is 11.6 Å². The smallest absolute Gasteiger partial charge is 0.175 e. The summed E-state index contributed by atoms with van der Waals surface area (Å²) in [5.74, 6) is 1.87. The highest BCUT2D eigenvalue weighted by Crippen LogP contribution is 2.42. The largest absolute Gasteiger partial charge is 0.217 e. The maximum Gasteiger partial charge on any atom is 0.175 e. The maximum absolute atomic E-state index is 5.92. The number of aromatic nitrogens is 4. The van der Waals surface area contributed by atoms with E-state index in [1.165, 1.54) is 18.5 Å². The van der Waals surface area contributed by atoms with Gasteiger partial charge in [-0.2, -0.15) is 10.2 Å². The van der Waals surface area contributed by atoms with Crippen molar-refractivity contribution in [3.63, 3.8) is 0 Å². The molecule has 1 aliphatic rings. The Kier molecular flexibility index (Phi) is 2.36. The summed E-state index contributed by atoms with van der Waals surface area (Å²) in [6.07, 6.45) is 5.92. The Hall–Kier alpha value is -1.42. The predicted molar refractivity (Wildman–Crippen MR) is 60.7 cm³/mol. The van der Waals surface area contributed by atoms with Gasteiger partial charge in [0.25, 0.3) is 0 Å². The third kappa shape index (κ3) is 1.59. The molecule has 1 saturated carbocycles. The first kappa shape index (κ1) is 9.78. The molecular formula is C11H11ClN4. The van der Waals surface area contributed by atoms with E-state index in [0.29, 0.717) is 11.8 Å². The van der Waals surface area contributed by atoms with Crippen molar-refractivity contribution < 1.29 is 0 Å². The number of rotatable bonds is 3. The third-order valence-corrected chi connectivity index (χ3v) is 3.06. The van der Waals surface area contributed by atoms with Crippen LogP contribution < -0.4 is 0 Å². The molecule has 3 rings (SSSR count). The molecule has 1 fully saturated rings. The van der Waals surface area contributed by atoms with E-state index in [1.807, 2.05) is 23.0 Å². The Bertz CT molecular complexity index is 490. The number of hydrogen-bond acceptors (Lipinski definition) is 3. The number of hydrogen-bond donors (Lipinski definition) is 0. The van der Waals surface area contributed by atoms with Crippen molar-refractivity contribution in [3.05, 3.63) is 35.8 Å². The van der Waals surface area contributed by atoms with Crippen LogP contribution in [0.15, 0.2) is 24.5 Å². The molecule has 2 aromatic heterocycles. The predicted octanol–water partition coefficient (Wildman–Crippen LogP) is 2.28. The van der Waals surface area contributed by atoms with Crippen molar-refractivity contribution in [3.8, 4) is 5.82 Å². The molecule has 5 heteroatoms. The fraction of sp³-hybridized carbons (Fsp3) is 0.364. The van der Waals surface area contributed by atoms with Crippen molar-refractivity contribution in [2.24, 2.45) is 0 Å². The van der Waals surface area contributed by atoms with Crippen molar-refractivity contribution in [1.29, 1.82) is 0 Å². The van der Waals surface area contributed by atoms with Gasteiger partial charge in [0.15, 0.2) is 5.82 Å². The fourth-order valence-electron chi connectivity index (χ4n) is 1.88. The Morgan fingerprint density at radius 1 is 1.44 bits per heavy atom. The third-order valence-electron chi connectivity index (χ3n) is 2.77. The Labute approximate surface area is 98.3 Å². The van der Waals surface area contributed by atoms with Gasteiger partial charge in [0.1, 0.15) is 0 Å². The van der Waals surface area contributed by atoms with Crippen molar-refractivity contribution >= 4 is 11.6 Å². The zero-order valence-corrected chi connectivity index (χ0v) is 9.43. The highest BCUT2D eigenvalue weighted by molar-refractivity contribution is 6.17. The fourth-order valence-corrected chi connectivity index (χ4v) is 2.08. The van der Waals surface area contributed by atoms with Crippen LogP contribution in [0.3, 0.4) is 0 Å². The zero-order chi connectivity index (χ0) is 11.0. The van der Waals surface area contributed by atoms with Gasteiger partial charge in [-0.05, 0) is 25.0 Å². The quantitative estimate of drug-likeness (QED) is 0.766. The van der Waals surface area contributed by atoms with Crippen LogP contribution in [-0.2, 0) is 5.88 Å². The average Bonchev–Trinajstić information content (AvgIpc) is 3.09. The average molecular weight is 235 g/mol. The van der Waals surface area contributed by atoms with Crippen LogP contribution in [0.4, 0.5) is 0 Å². The molecule has 82 valence electrons. The van der Waals surface area contributed by atoms with Gasteiger partial charge in [0, 0.05) is 17.7 Å². The summed E-state index contributed by atoms with van der Waals surface area (Å²) >= 11 is 5.92. The maximum atomic E-state index is 5.92. The Balaban J connectivity index is 2.10. The van der Waals surface area contributed by atoms with Gasteiger partial charge in [-0.1, -0.05) is 0 Å². The highest BCUT2D eigenvalue weighted by atomic mass is 35.5. The van der Waals surface area contributed by atoms with Gasteiger partial charge in [-0.25, -0.2) is 4.68 Å². The summed E-state index contributed by atoms with van der Waals surface area (Å²) in [5, 5.41) is 12.3. The minimum atomic E-state index is 0.506. The summed E-state index contributed by atoms with van der Waals surface area (Å²) in [6.45, 7) is 0. The summed E-state index contributed by atoms with van der Waals surface area (Å²) in [7, 11) is 0. The lowest BCUT2D eigenvalue weighted by Gasteiger charge is -2.05. The molecule has 0 amide bonds. The summed E-state index contributed by atoms with van der Waals surface area (Å²) in [4.78, 5) is 0. The van der Waals surface area contributed by atoms with Crippen LogP contribution in [0.5, 0.6) is 0 Å². The normalized spacial score (nSPS) is 15.3. The molecule has 0 spiro atoms. The standard InChI is InChI=1S/C11H11ClN4/c12-6-9-7-14-16(11(9)8-3-4-8)10-2-1-5-13-15-10/h1-2,5,7-8H,3-4,6H2. The summed E-state index contributed by atoms with van der Waals surface area (Å²) in [6, 6.07) is 3.77. The minimum absolute atomic E-state index is 0.506. The van der Waals surface area contributed by atoms with Gasteiger partial charge in [0.05, 0.1) is 17.8 Å². The monoisotopic (exact) mass is 234 g/mol. The van der Waals surface area contributed by atoms with Gasteiger partial charge in [-0.15, -0.1) is 16.7 Å². The van der Waals surface area contributed by atoms with Gasteiger partial charge >= 0.3 is 0 Å². The second-order valence-corrected chi connectivity index (χ2v) is 4.22. The Morgan fingerprint density at radius 2 is 2.31 bits per heavy atom. The molecule has 2 heterocycles. The van der Waals surface area contributed by atoms with Crippen molar-refractivity contribution in [1.82, 2.24) is 20.0 Å². The first-order valence-corrected chi connectivity index (χ1v) is 5.84. The van der Waals surface area contributed by atoms with Gasteiger partial charge < -0.3 is 0 Å². The van der Waals surface area contributed by atoms with Crippen LogP contribution in [-0.4, -0.2) is 20.0 Å². The first-order valence-electron chi connectivity index (χ1n) is 5.31. The molecule has 1 aliphatic carbocycles. The topological polar surface area (TPSA) is 43.6 Å². The van der Waals surface area contributed by atoms with Crippen molar-refractivity contribution in [2.45, 2.75) is 24.6 Å². The second-order valence-electron chi connectivity index (χ2n) is 3.96. The molecule has 0 radical (unpaired) electrons. The molecule has 0 aliphatic heterocycles. The molecule has 0 saturated heterocycles. The van der Waals surface area contributed by atoms with Gasteiger partial charge in [-0.3, -0.25) is 0 Å². The molecule has 2 aromatic rings. The Morgan fingerprint density at radius 3 is 2.94 bits per heavy atom. The molecular weight excluding hydrogens is 224 g/mol. The molecule has 0 aromatic carbocycles. The lowest BCUT2D eigenvalue weighted by atomic mass is 10.2. The van der Waals surface area contributed by atoms with Crippen LogP contribution in [0, 0.1) is 0 Å². The lowest BCUT2D eigenvalue weighted by Crippen LogP contribution is -2.05. The number of nitrogens with zero attached hydrogens (tertiary/aromatic N) is 4. The van der Waals surface area contributed by atoms with E-state index in [2.05, 4.69) is 15.3 Å². The zero-order valence-electron chi connectivity index (χ0n) is 8.67. The van der Waals surface area contributed by atoms with Gasteiger partial charge in [0.2, 0.25) is 0 Å². The molecule has 16 heavy (non-hydrogen) atoms. The molecule has 0 N–H and O–H groups in total. The van der Waals surface area contributed by atoms with E-state index >= 15 is 0 Å². The summed E-state index contributed by atoms with van der Waals surface area (Å²) in [5.41, 5.74) is 2.31. The van der Waals surface area contributed by atoms with E-state index in [0.717, 1.165) is 11.4 Å². The number of halogens is 1. The first-order chi connectivity index (χ1) is 7.90. The molecule has 4 nitrogen and oxygen atoms in total. The van der Waals surface area contributed by atoms with E-state index in [9.17, 15) is 0 Å². The summed E-state index contributed by atoms with van der Waals surface area (Å²) < 4.78 is 1.86. The van der Waals surface area contributed by atoms with Crippen molar-refractivity contribution in [2.75, 3.05) is 0 Å². The molecule has 0 atom stereocenters. The van der Waals surface area contributed by atoms with Crippen LogP contribution >= 0.6 is 11.6 Å². The lowest BCUT2D eigenvalue weighted by molar-refractivity contribution is 0.761.